The van der Waals surface area contributed by atoms with Crippen molar-refractivity contribution in [1.82, 2.24) is 15.8 Å². The molecule has 25 heavy (non-hydrogen) atoms. The number of hydrogen-bond donors (Lipinski definition) is 6. The second-order valence-corrected chi connectivity index (χ2v) is 6.92. The summed E-state index contributed by atoms with van der Waals surface area (Å²) in [6.45, 7) is 0. The third-order valence-corrected chi connectivity index (χ3v) is 4.71. The third-order valence-electron chi connectivity index (χ3n) is 2.54. The maximum Gasteiger partial charge on any atom is 0.338 e. The van der Waals surface area contributed by atoms with Gasteiger partial charge in [0, 0.05) is 0 Å². The molecule has 0 bridgehead atoms. The number of thiazole rings is 1. The van der Waals surface area contributed by atoms with Crippen molar-refractivity contribution in [2.75, 3.05) is 10.0 Å². The predicted molar refractivity (Wildman–Crippen MR) is 86.5 cm³/mol. The van der Waals surface area contributed by atoms with Gasteiger partial charge in [-0.3, -0.25) is 20.5 Å². The lowest BCUT2D eigenvalue weighted by Crippen LogP contribution is -2.46. The van der Waals surface area contributed by atoms with Crippen LogP contribution in [0.4, 0.5) is 24.3 Å². The van der Waals surface area contributed by atoms with E-state index in [2.05, 4.69) is 9.71 Å². The topological polar surface area (TPSA) is 162 Å². The molecular weight excluding hydrogens is 380 g/mol. The van der Waals surface area contributed by atoms with Crippen LogP contribution in [0.2, 0.25) is 0 Å². The van der Waals surface area contributed by atoms with E-state index in [1.165, 1.54) is 11.7 Å². The van der Waals surface area contributed by atoms with Gasteiger partial charge in [0.15, 0.2) is 11.6 Å². The van der Waals surface area contributed by atoms with Gasteiger partial charge in [0.2, 0.25) is 5.96 Å². The fourth-order valence-corrected chi connectivity index (χ4v) is 3.38. The number of benzene rings is 1. The van der Waals surface area contributed by atoms with Crippen LogP contribution in [0, 0.1) is 17.0 Å². The highest BCUT2D eigenvalue weighted by atomic mass is 32.2. The van der Waals surface area contributed by atoms with Crippen molar-refractivity contribution < 1.29 is 22.0 Å². The molecule has 0 aliphatic heterocycles. The number of nitrogens with two attached hydrogens (primary N) is 1. The van der Waals surface area contributed by atoms with Crippen molar-refractivity contribution in [1.29, 1.82) is 5.41 Å². The van der Waals surface area contributed by atoms with Gasteiger partial charge in [-0.1, -0.05) is 0 Å². The van der Waals surface area contributed by atoms with Crippen molar-refractivity contribution in [3.05, 3.63) is 35.5 Å². The summed E-state index contributed by atoms with van der Waals surface area (Å²) < 4.78 is 54.3. The van der Waals surface area contributed by atoms with Crippen LogP contribution >= 0.6 is 11.3 Å². The van der Waals surface area contributed by atoms with E-state index in [-0.39, 0.29) is 5.00 Å². The molecule has 0 atom stereocenters. The summed E-state index contributed by atoms with van der Waals surface area (Å²) in [5.74, 6) is -3.24. The van der Waals surface area contributed by atoms with Crippen LogP contribution in [0.15, 0.2) is 28.7 Å². The summed E-state index contributed by atoms with van der Waals surface area (Å²) in [7, 11) is -4.24. The van der Waals surface area contributed by atoms with Gasteiger partial charge in [-0.2, -0.15) is 0 Å². The molecule has 2 aromatic rings. The van der Waals surface area contributed by atoms with Crippen LogP contribution in [0.25, 0.3) is 0 Å². The largest absolute Gasteiger partial charge is 0.369 e. The average molecular weight is 391 g/mol. The van der Waals surface area contributed by atoms with Gasteiger partial charge >= 0.3 is 6.03 Å². The fraction of sp³-hybridized carbons (Fsp3) is 0. The molecule has 2 rings (SSSR count). The maximum atomic E-state index is 14.0. The monoisotopic (exact) mass is 391 g/mol. The quantitative estimate of drug-likeness (QED) is 0.256. The van der Waals surface area contributed by atoms with Gasteiger partial charge in [0.25, 0.3) is 10.0 Å². The number of amides is 2. The molecule has 134 valence electrons. The molecule has 0 aliphatic carbocycles. The Morgan fingerprint density at radius 1 is 1.24 bits per heavy atom. The molecular formula is C11H11F2N7O3S2. The average Bonchev–Trinajstić information content (AvgIpc) is 3.00. The Morgan fingerprint density at radius 3 is 2.40 bits per heavy atom. The van der Waals surface area contributed by atoms with E-state index >= 15 is 0 Å². The summed E-state index contributed by atoms with van der Waals surface area (Å²) in [4.78, 5) is 14.4. The van der Waals surface area contributed by atoms with Crippen LogP contribution in [0.1, 0.15) is 0 Å². The minimum atomic E-state index is -4.24. The molecule has 1 heterocycles. The number of guanidine groups is 1. The Morgan fingerprint density at radius 2 is 1.88 bits per heavy atom. The standard InChI is InChI=1S/C11H11F2N7O3S2/c12-6-1-5(25(22,23)20-8-3-16-4-24-8)2-7(13)9(6)17-11(21)19-18-10(14)15/h1-4,20H,(H4,14,15,18)(H2,17,19,21). The number of halogens is 2. The minimum Gasteiger partial charge on any atom is -0.369 e. The van der Waals surface area contributed by atoms with E-state index in [0.717, 1.165) is 11.3 Å². The molecule has 0 saturated carbocycles. The zero-order chi connectivity index (χ0) is 18.6. The summed E-state index contributed by atoms with van der Waals surface area (Å²) in [5.41, 5.74) is 9.17. The molecule has 0 spiro atoms. The van der Waals surface area contributed by atoms with Gasteiger partial charge in [0.05, 0.1) is 16.6 Å². The number of nitrogens with one attached hydrogen (secondary N) is 5. The second-order valence-electron chi connectivity index (χ2n) is 4.35. The normalized spacial score (nSPS) is 10.8. The van der Waals surface area contributed by atoms with Crippen LogP contribution in [0.3, 0.4) is 0 Å². The Bertz CT molecular complexity index is 879. The van der Waals surface area contributed by atoms with E-state index < -0.39 is 44.2 Å². The highest BCUT2D eigenvalue weighted by molar-refractivity contribution is 7.93. The minimum absolute atomic E-state index is 0.165. The van der Waals surface area contributed by atoms with E-state index in [4.69, 9.17) is 11.1 Å². The van der Waals surface area contributed by atoms with E-state index in [1.807, 2.05) is 16.2 Å². The first-order valence-corrected chi connectivity index (χ1v) is 8.62. The Kier molecular flexibility index (Phi) is 5.33. The van der Waals surface area contributed by atoms with Gasteiger partial charge in [-0.05, 0) is 12.1 Å². The molecule has 1 aromatic heterocycles. The number of nitrogens with zero attached hydrogens (tertiary/aromatic N) is 1. The summed E-state index contributed by atoms with van der Waals surface area (Å²) >= 11 is 0.984. The molecule has 10 nitrogen and oxygen atoms in total. The lowest BCUT2D eigenvalue weighted by molar-refractivity contribution is 0.250. The molecule has 2 amide bonds. The second kappa shape index (κ2) is 7.27. The number of rotatable bonds is 4. The molecule has 1 aromatic carbocycles. The van der Waals surface area contributed by atoms with E-state index in [1.54, 1.807) is 0 Å². The number of urea groups is 1. The number of hydrazine groups is 1. The first kappa shape index (κ1) is 18.3. The first-order valence-electron chi connectivity index (χ1n) is 6.26. The lowest BCUT2D eigenvalue weighted by atomic mass is 10.3. The van der Waals surface area contributed by atoms with Crippen LogP contribution in [-0.4, -0.2) is 25.4 Å². The Hall–Kier alpha value is -3.00. The molecule has 0 radical (unpaired) electrons. The molecule has 7 N–H and O–H groups in total. The van der Waals surface area contributed by atoms with Gasteiger partial charge in [0.1, 0.15) is 10.7 Å². The van der Waals surface area contributed by atoms with Gasteiger partial charge in [-0.25, -0.2) is 27.4 Å². The van der Waals surface area contributed by atoms with Crippen molar-refractivity contribution in [2.24, 2.45) is 5.73 Å². The molecule has 14 heteroatoms. The maximum absolute atomic E-state index is 14.0. The number of hydrogen-bond acceptors (Lipinski definition) is 6. The number of carbonyl (C=O) groups excluding carboxylic acids is 1. The molecule has 0 fully saturated rings. The van der Waals surface area contributed by atoms with Crippen molar-refractivity contribution in [3.63, 3.8) is 0 Å². The SMILES string of the molecule is N=C(N)NNC(=O)Nc1c(F)cc(S(=O)(=O)Nc2cncs2)cc1F. The highest BCUT2D eigenvalue weighted by Gasteiger charge is 2.21. The number of aromatic nitrogens is 1. The Labute approximate surface area is 144 Å². The highest BCUT2D eigenvalue weighted by Crippen LogP contribution is 2.25. The van der Waals surface area contributed by atoms with Crippen molar-refractivity contribution in [3.8, 4) is 0 Å². The van der Waals surface area contributed by atoms with Crippen molar-refractivity contribution >= 4 is 44.0 Å². The number of carbonyl (C=O) groups is 1. The zero-order valence-electron chi connectivity index (χ0n) is 12.1. The van der Waals surface area contributed by atoms with Gasteiger partial charge < -0.3 is 11.1 Å². The Balaban J connectivity index is 2.21. The van der Waals surface area contributed by atoms with Gasteiger partial charge in [-0.15, -0.1) is 11.3 Å². The van der Waals surface area contributed by atoms with E-state index in [9.17, 15) is 22.0 Å². The molecule has 0 unspecified atom stereocenters. The lowest BCUT2D eigenvalue weighted by Gasteiger charge is -2.12. The summed E-state index contributed by atoms with van der Waals surface area (Å²) in [6, 6.07) is -0.0348. The number of anilines is 2. The van der Waals surface area contributed by atoms with E-state index in [0.29, 0.717) is 12.1 Å². The fourth-order valence-electron chi connectivity index (χ4n) is 1.55. The van der Waals surface area contributed by atoms with Crippen LogP contribution in [0.5, 0.6) is 0 Å². The van der Waals surface area contributed by atoms with Crippen molar-refractivity contribution in [2.45, 2.75) is 4.90 Å². The van der Waals surface area contributed by atoms with Crippen LogP contribution < -0.4 is 26.6 Å². The molecule has 0 saturated heterocycles. The molecule has 0 aliphatic rings. The van der Waals surface area contributed by atoms with Crippen LogP contribution in [-0.2, 0) is 10.0 Å². The predicted octanol–water partition coefficient (Wildman–Crippen LogP) is 0.742. The number of sulfonamides is 1. The zero-order valence-corrected chi connectivity index (χ0v) is 13.8. The smallest absolute Gasteiger partial charge is 0.338 e. The third kappa shape index (κ3) is 4.74. The summed E-state index contributed by atoms with van der Waals surface area (Å²) in [5, 5.41) is 8.81. The first-order chi connectivity index (χ1) is 11.7. The summed E-state index contributed by atoms with van der Waals surface area (Å²) in [6.07, 6.45) is 1.23.